The lowest BCUT2D eigenvalue weighted by Gasteiger charge is -2.34. The summed E-state index contributed by atoms with van der Waals surface area (Å²) >= 11 is 0. The molecule has 1 aliphatic heterocycles. The quantitative estimate of drug-likeness (QED) is 0.503. The molecule has 0 spiro atoms. The maximum Gasteiger partial charge on any atom is 0.219 e. The molecule has 0 bridgehead atoms. The Labute approximate surface area is 182 Å². The van der Waals surface area contributed by atoms with Crippen LogP contribution in [0, 0.1) is 0 Å². The van der Waals surface area contributed by atoms with E-state index >= 15 is 0 Å². The van der Waals surface area contributed by atoms with E-state index < -0.39 is 0 Å². The van der Waals surface area contributed by atoms with Crippen molar-refractivity contribution in [3.8, 4) is 22.4 Å². The Morgan fingerprint density at radius 1 is 0.871 bits per heavy atom. The molecule has 0 atom stereocenters. The zero-order valence-corrected chi connectivity index (χ0v) is 17.7. The van der Waals surface area contributed by atoms with Crippen molar-refractivity contribution in [2.45, 2.75) is 13.5 Å². The number of pyridine rings is 1. The van der Waals surface area contributed by atoms with Crippen LogP contribution in [0.25, 0.3) is 28.0 Å². The molecule has 1 amide bonds. The van der Waals surface area contributed by atoms with Gasteiger partial charge < -0.3 is 4.90 Å². The predicted octanol–water partition coefficient (Wildman–Crippen LogP) is 4.33. The van der Waals surface area contributed by atoms with Gasteiger partial charge in [-0.2, -0.15) is 0 Å². The number of piperazine rings is 1. The van der Waals surface area contributed by atoms with Gasteiger partial charge in [0.15, 0.2) is 0 Å². The molecule has 0 radical (unpaired) electrons. The Morgan fingerprint density at radius 3 is 2.32 bits per heavy atom. The van der Waals surface area contributed by atoms with Gasteiger partial charge in [0.25, 0.3) is 0 Å². The van der Waals surface area contributed by atoms with E-state index in [1.165, 1.54) is 16.7 Å². The van der Waals surface area contributed by atoms with E-state index in [4.69, 9.17) is 0 Å². The van der Waals surface area contributed by atoms with E-state index in [1.807, 2.05) is 29.3 Å². The van der Waals surface area contributed by atoms with Crippen LogP contribution in [0.1, 0.15) is 12.5 Å². The molecule has 31 heavy (non-hydrogen) atoms. The Morgan fingerprint density at radius 2 is 1.61 bits per heavy atom. The average Bonchev–Trinajstić information content (AvgIpc) is 3.24. The van der Waals surface area contributed by atoms with Crippen molar-refractivity contribution in [2.75, 3.05) is 26.2 Å². The Bertz CT molecular complexity index is 1190. The third-order valence-electron chi connectivity index (χ3n) is 6.09. The van der Waals surface area contributed by atoms with Gasteiger partial charge in [0, 0.05) is 51.4 Å². The standard InChI is InChI=1S/C26H26N4O/c1-20(31)29-15-13-28(14-16-29)19-21-7-9-22(10-8-21)24-11-12-30-25(18-27-26(30)17-24)23-5-3-2-4-6-23/h2-12,17-18H,13-16,19H2,1H3. The van der Waals surface area contributed by atoms with E-state index in [0.717, 1.165) is 49.6 Å². The minimum Gasteiger partial charge on any atom is -0.340 e. The van der Waals surface area contributed by atoms with Gasteiger partial charge in [-0.25, -0.2) is 4.98 Å². The summed E-state index contributed by atoms with van der Waals surface area (Å²) in [5.74, 6) is 0.175. The van der Waals surface area contributed by atoms with Crippen LogP contribution in [0.15, 0.2) is 79.1 Å². The third kappa shape index (κ3) is 4.09. The molecule has 0 N–H and O–H groups in total. The first kappa shape index (κ1) is 19.5. The van der Waals surface area contributed by atoms with Gasteiger partial charge in [-0.15, -0.1) is 0 Å². The highest BCUT2D eigenvalue weighted by molar-refractivity contribution is 5.73. The molecule has 5 rings (SSSR count). The highest BCUT2D eigenvalue weighted by atomic mass is 16.2. The minimum absolute atomic E-state index is 0.175. The molecule has 3 heterocycles. The molecule has 2 aromatic heterocycles. The van der Waals surface area contributed by atoms with Gasteiger partial charge in [-0.1, -0.05) is 54.6 Å². The Balaban J connectivity index is 1.30. The maximum atomic E-state index is 11.5. The van der Waals surface area contributed by atoms with Crippen LogP contribution < -0.4 is 0 Å². The van der Waals surface area contributed by atoms with Crippen LogP contribution in [0.4, 0.5) is 0 Å². The number of rotatable bonds is 4. The number of aromatic nitrogens is 2. The van der Waals surface area contributed by atoms with Crippen molar-refractivity contribution in [2.24, 2.45) is 0 Å². The van der Waals surface area contributed by atoms with Gasteiger partial charge in [-0.3, -0.25) is 14.1 Å². The fraction of sp³-hybridized carbons (Fsp3) is 0.231. The fourth-order valence-corrected chi connectivity index (χ4v) is 4.26. The van der Waals surface area contributed by atoms with Crippen molar-refractivity contribution in [3.63, 3.8) is 0 Å². The molecule has 5 heteroatoms. The van der Waals surface area contributed by atoms with E-state index in [1.54, 1.807) is 6.92 Å². The highest BCUT2D eigenvalue weighted by Gasteiger charge is 2.18. The van der Waals surface area contributed by atoms with Crippen molar-refractivity contribution in [1.29, 1.82) is 0 Å². The molecule has 5 nitrogen and oxygen atoms in total. The first-order valence-corrected chi connectivity index (χ1v) is 10.8. The summed E-state index contributed by atoms with van der Waals surface area (Å²) < 4.78 is 2.13. The first-order chi connectivity index (χ1) is 15.2. The van der Waals surface area contributed by atoms with Crippen molar-refractivity contribution in [3.05, 3.63) is 84.7 Å². The lowest BCUT2D eigenvalue weighted by Crippen LogP contribution is -2.47. The zero-order valence-electron chi connectivity index (χ0n) is 17.7. The molecular weight excluding hydrogens is 384 g/mol. The molecule has 2 aromatic carbocycles. The number of carbonyl (C=O) groups is 1. The number of carbonyl (C=O) groups excluding carboxylic acids is 1. The molecule has 0 unspecified atom stereocenters. The maximum absolute atomic E-state index is 11.5. The summed E-state index contributed by atoms with van der Waals surface area (Å²) in [4.78, 5) is 20.5. The number of hydrogen-bond donors (Lipinski definition) is 0. The zero-order chi connectivity index (χ0) is 21.2. The molecule has 0 aliphatic carbocycles. The lowest BCUT2D eigenvalue weighted by molar-refractivity contribution is -0.130. The second kappa shape index (κ2) is 8.36. The molecule has 1 fully saturated rings. The summed E-state index contributed by atoms with van der Waals surface area (Å²) in [6.45, 7) is 6.08. The van der Waals surface area contributed by atoms with Gasteiger partial charge in [-0.05, 0) is 28.8 Å². The number of fused-ring (bicyclic) bond motifs is 1. The molecule has 1 aliphatic rings. The smallest absolute Gasteiger partial charge is 0.219 e. The van der Waals surface area contributed by atoms with E-state index in [2.05, 4.69) is 69.0 Å². The van der Waals surface area contributed by atoms with Gasteiger partial charge in [0.05, 0.1) is 11.9 Å². The molecule has 1 saturated heterocycles. The predicted molar refractivity (Wildman–Crippen MR) is 124 cm³/mol. The number of benzene rings is 2. The molecular formula is C26H26N4O. The van der Waals surface area contributed by atoms with Crippen LogP contribution >= 0.6 is 0 Å². The Kier molecular flexibility index (Phi) is 5.26. The summed E-state index contributed by atoms with van der Waals surface area (Å²) in [7, 11) is 0. The SMILES string of the molecule is CC(=O)N1CCN(Cc2ccc(-c3ccn4c(-c5ccccc5)cnc4c3)cc2)CC1. The van der Waals surface area contributed by atoms with Crippen LogP contribution in [0.2, 0.25) is 0 Å². The summed E-state index contributed by atoms with van der Waals surface area (Å²) in [5.41, 5.74) is 6.87. The second-order valence-electron chi connectivity index (χ2n) is 8.13. The highest BCUT2D eigenvalue weighted by Crippen LogP contribution is 2.25. The second-order valence-corrected chi connectivity index (χ2v) is 8.13. The van der Waals surface area contributed by atoms with Crippen LogP contribution in [0.3, 0.4) is 0 Å². The topological polar surface area (TPSA) is 40.9 Å². The van der Waals surface area contributed by atoms with Crippen molar-refractivity contribution >= 4 is 11.6 Å². The minimum atomic E-state index is 0.175. The Hall–Kier alpha value is -3.44. The van der Waals surface area contributed by atoms with Crippen molar-refractivity contribution in [1.82, 2.24) is 19.2 Å². The molecule has 4 aromatic rings. The summed E-state index contributed by atoms with van der Waals surface area (Å²) in [6, 6.07) is 23.4. The third-order valence-corrected chi connectivity index (χ3v) is 6.09. The largest absolute Gasteiger partial charge is 0.340 e. The average molecular weight is 411 g/mol. The van der Waals surface area contributed by atoms with Gasteiger partial charge in [0.1, 0.15) is 5.65 Å². The van der Waals surface area contributed by atoms with E-state index in [0.29, 0.717) is 0 Å². The summed E-state index contributed by atoms with van der Waals surface area (Å²) in [6.07, 6.45) is 4.03. The van der Waals surface area contributed by atoms with Crippen LogP contribution in [0.5, 0.6) is 0 Å². The number of imidazole rings is 1. The number of amides is 1. The molecule has 156 valence electrons. The van der Waals surface area contributed by atoms with Crippen molar-refractivity contribution < 1.29 is 4.79 Å². The number of hydrogen-bond acceptors (Lipinski definition) is 3. The monoisotopic (exact) mass is 410 g/mol. The van der Waals surface area contributed by atoms with Crippen LogP contribution in [-0.2, 0) is 11.3 Å². The van der Waals surface area contributed by atoms with Crippen LogP contribution in [-0.4, -0.2) is 51.3 Å². The van der Waals surface area contributed by atoms with E-state index in [9.17, 15) is 4.79 Å². The summed E-state index contributed by atoms with van der Waals surface area (Å²) in [5, 5.41) is 0. The number of nitrogens with zero attached hydrogens (tertiary/aromatic N) is 4. The van der Waals surface area contributed by atoms with Gasteiger partial charge in [0.2, 0.25) is 5.91 Å². The fourth-order valence-electron chi connectivity index (χ4n) is 4.26. The molecule has 0 saturated carbocycles. The first-order valence-electron chi connectivity index (χ1n) is 10.8. The normalized spacial score (nSPS) is 14.8. The van der Waals surface area contributed by atoms with Gasteiger partial charge >= 0.3 is 0 Å². The van der Waals surface area contributed by atoms with E-state index in [-0.39, 0.29) is 5.91 Å². The lowest BCUT2D eigenvalue weighted by atomic mass is 10.0.